The minimum Gasteiger partial charge on any atom is -0.497 e. The Kier molecular flexibility index (Phi) is 6.62. The Morgan fingerprint density at radius 2 is 1.87 bits per heavy atom. The first-order chi connectivity index (χ1) is 14.1. The van der Waals surface area contributed by atoms with E-state index in [1.165, 1.54) is 23.9 Å². The number of likely N-dealkylation sites (tertiary alicyclic amines) is 1. The Balaban J connectivity index is 1.80. The molecule has 0 aliphatic carbocycles. The Bertz CT molecular complexity index is 904. The third kappa shape index (κ3) is 5.46. The van der Waals surface area contributed by atoms with E-state index >= 15 is 0 Å². The molecule has 30 heavy (non-hydrogen) atoms. The molecule has 162 valence electrons. The van der Waals surface area contributed by atoms with Crippen LogP contribution in [0.3, 0.4) is 0 Å². The first-order valence-corrected chi connectivity index (χ1v) is 10.7. The monoisotopic (exact) mass is 433 g/mol. The second-order valence-electron chi connectivity index (χ2n) is 8.42. The van der Waals surface area contributed by atoms with Gasteiger partial charge in [-0.25, -0.2) is 9.18 Å². The van der Waals surface area contributed by atoms with Crippen LogP contribution in [0.15, 0.2) is 52.3 Å². The molecule has 3 rings (SSSR count). The van der Waals surface area contributed by atoms with Crippen molar-refractivity contribution in [3.8, 4) is 5.75 Å². The highest BCUT2D eigenvalue weighted by Gasteiger charge is 2.38. The topological polar surface area (TPSA) is 59.0 Å². The van der Waals surface area contributed by atoms with Gasteiger partial charge in [-0.3, -0.25) is 0 Å². The number of halogens is 1. The van der Waals surface area contributed by atoms with Gasteiger partial charge in [-0.05, 0) is 70.0 Å². The van der Waals surface area contributed by atoms with Gasteiger partial charge in [-0.15, -0.1) is 0 Å². The van der Waals surface area contributed by atoms with E-state index in [0.717, 1.165) is 15.5 Å². The number of amides is 1. The van der Waals surface area contributed by atoms with Crippen LogP contribution in [0.4, 0.5) is 9.18 Å². The molecule has 0 atom stereocenters. The number of nitrogens with zero attached hydrogens (tertiary/aromatic N) is 1. The van der Waals surface area contributed by atoms with Gasteiger partial charge >= 0.3 is 6.09 Å². The summed E-state index contributed by atoms with van der Waals surface area (Å²) < 4.78 is 24.8. The maximum absolute atomic E-state index is 14.1. The van der Waals surface area contributed by atoms with Crippen LogP contribution in [0, 0.1) is 5.82 Å². The molecule has 1 N–H and O–H groups in total. The highest BCUT2D eigenvalue weighted by molar-refractivity contribution is 7.99. The quantitative estimate of drug-likeness (QED) is 0.718. The lowest BCUT2D eigenvalue weighted by molar-refractivity contribution is -0.0373. The molecule has 7 heteroatoms. The van der Waals surface area contributed by atoms with Gasteiger partial charge in [0.25, 0.3) is 0 Å². The molecular formula is C23H28FNO4S. The van der Waals surface area contributed by atoms with E-state index in [0.29, 0.717) is 31.5 Å². The van der Waals surface area contributed by atoms with Gasteiger partial charge in [0.1, 0.15) is 17.2 Å². The smallest absolute Gasteiger partial charge is 0.410 e. The van der Waals surface area contributed by atoms with E-state index in [-0.39, 0.29) is 0 Å². The number of aliphatic hydroxyl groups is 1. The van der Waals surface area contributed by atoms with E-state index in [1.54, 1.807) is 18.1 Å². The van der Waals surface area contributed by atoms with Crippen LogP contribution in [0.5, 0.6) is 5.75 Å². The summed E-state index contributed by atoms with van der Waals surface area (Å²) in [4.78, 5) is 15.6. The van der Waals surface area contributed by atoms with Gasteiger partial charge in [0, 0.05) is 28.4 Å². The SMILES string of the molecule is COc1cccc(Sc2ccc(F)cc2C2(O)CCN(C(=O)OC(C)(C)C)CC2)c1. The summed E-state index contributed by atoms with van der Waals surface area (Å²) >= 11 is 1.45. The van der Waals surface area contributed by atoms with Crippen molar-refractivity contribution in [2.24, 2.45) is 0 Å². The van der Waals surface area contributed by atoms with E-state index < -0.39 is 23.1 Å². The molecule has 1 amide bonds. The molecule has 0 spiro atoms. The zero-order chi connectivity index (χ0) is 21.9. The fourth-order valence-corrected chi connectivity index (χ4v) is 4.47. The fourth-order valence-electron chi connectivity index (χ4n) is 3.40. The highest BCUT2D eigenvalue weighted by atomic mass is 32.2. The molecule has 1 aliphatic rings. The van der Waals surface area contributed by atoms with Crippen molar-refractivity contribution in [1.82, 2.24) is 4.90 Å². The average molecular weight is 434 g/mol. The van der Waals surface area contributed by atoms with Crippen molar-refractivity contribution in [1.29, 1.82) is 0 Å². The molecule has 1 fully saturated rings. The van der Waals surface area contributed by atoms with Crippen LogP contribution < -0.4 is 4.74 Å². The molecule has 0 aromatic heterocycles. The van der Waals surface area contributed by atoms with Crippen LogP contribution in [0.2, 0.25) is 0 Å². The Morgan fingerprint density at radius 3 is 2.50 bits per heavy atom. The van der Waals surface area contributed by atoms with Crippen LogP contribution in [0.25, 0.3) is 0 Å². The number of hydrogen-bond acceptors (Lipinski definition) is 5. The van der Waals surface area contributed by atoms with Crippen molar-refractivity contribution in [3.05, 3.63) is 53.8 Å². The minimum absolute atomic E-state index is 0.307. The average Bonchev–Trinajstić information content (AvgIpc) is 2.68. The van der Waals surface area contributed by atoms with Crippen molar-refractivity contribution >= 4 is 17.9 Å². The van der Waals surface area contributed by atoms with Crippen molar-refractivity contribution in [2.45, 2.75) is 54.6 Å². The molecule has 1 aliphatic heterocycles. The number of hydrogen-bond donors (Lipinski definition) is 1. The number of rotatable bonds is 4. The van der Waals surface area contributed by atoms with Crippen LogP contribution in [-0.4, -0.2) is 41.9 Å². The Morgan fingerprint density at radius 1 is 1.17 bits per heavy atom. The van der Waals surface area contributed by atoms with Crippen molar-refractivity contribution in [2.75, 3.05) is 20.2 Å². The van der Waals surface area contributed by atoms with Gasteiger partial charge < -0.3 is 19.5 Å². The fraction of sp³-hybridized carbons (Fsp3) is 0.435. The zero-order valence-corrected chi connectivity index (χ0v) is 18.6. The summed E-state index contributed by atoms with van der Waals surface area (Å²) in [7, 11) is 1.61. The number of benzene rings is 2. The molecule has 0 radical (unpaired) electrons. The summed E-state index contributed by atoms with van der Waals surface area (Å²) in [5.41, 5.74) is -1.25. The predicted octanol–water partition coefficient (Wildman–Crippen LogP) is 5.20. The van der Waals surface area contributed by atoms with E-state index in [9.17, 15) is 14.3 Å². The van der Waals surface area contributed by atoms with Crippen LogP contribution >= 0.6 is 11.8 Å². The van der Waals surface area contributed by atoms with Crippen molar-refractivity contribution in [3.63, 3.8) is 0 Å². The van der Waals surface area contributed by atoms with E-state index in [4.69, 9.17) is 9.47 Å². The number of carbonyl (C=O) groups is 1. The maximum atomic E-state index is 14.1. The molecule has 5 nitrogen and oxygen atoms in total. The summed E-state index contributed by atoms with van der Waals surface area (Å²) in [5, 5.41) is 11.4. The summed E-state index contributed by atoms with van der Waals surface area (Å²) in [6.45, 7) is 6.14. The first kappa shape index (κ1) is 22.4. The van der Waals surface area contributed by atoms with Crippen LogP contribution in [0.1, 0.15) is 39.2 Å². The lowest BCUT2D eigenvalue weighted by atomic mass is 9.84. The van der Waals surface area contributed by atoms with Gasteiger partial charge in [0.05, 0.1) is 12.7 Å². The normalized spacial score (nSPS) is 16.3. The number of carbonyl (C=O) groups excluding carboxylic acids is 1. The van der Waals surface area contributed by atoms with E-state index in [1.807, 2.05) is 45.0 Å². The largest absolute Gasteiger partial charge is 0.497 e. The van der Waals surface area contributed by atoms with Gasteiger partial charge in [0.15, 0.2) is 0 Å². The van der Waals surface area contributed by atoms with Crippen molar-refractivity contribution < 1.29 is 23.8 Å². The number of ether oxygens (including phenoxy) is 2. The molecule has 2 aromatic carbocycles. The molecular weight excluding hydrogens is 405 g/mol. The molecule has 0 unspecified atom stereocenters. The van der Waals surface area contributed by atoms with Gasteiger partial charge in [-0.2, -0.15) is 0 Å². The van der Waals surface area contributed by atoms with E-state index in [2.05, 4.69) is 0 Å². The summed E-state index contributed by atoms with van der Waals surface area (Å²) in [5.74, 6) is 0.330. The number of piperidine rings is 1. The summed E-state index contributed by atoms with van der Waals surface area (Å²) in [6, 6.07) is 12.1. The minimum atomic E-state index is -1.22. The molecule has 1 heterocycles. The standard InChI is InChI=1S/C23H28FNO4S/c1-22(2,3)29-21(26)25-12-10-23(27,11-13-25)19-14-16(24)8-9-20(19)30-18-7-5-6-17(15-18)28-4/h5-9,14-15,27H,10-13H2,1-4H3. The second kappa shape index (κ2) is 8.86. The second-order valence-corrected chi connectivity index (χ2v) is 9.54. The molecule has 1 saturated heterocycles. The maximum Gasteiger partial charge on any atom is 0.410 e. The third-order valence-corrected chi connectivity index (χ3v) is 6.02. The Labute approximate surface area is 181 Å². The third-order valence-electron chi connectivity index (χ3n) is 4.95. The highest BCUT2D eigenvalue weighted by Crippen LogP contribution is 2.41. The Hall–Kier alpha value is -2.25. The zero-order valence-electron chi connectivity index (χ0n) is 17.8. The molecule has 2 aromatic rings. The molecule has 0 saturated carbocycles. The predicted molar refractivity (Wildman–Crippen MR) is 114 cm³/mol. The lowest BCUT2D eigenvalue weighted by Gasteiger charge is -2.39. The first-order valence-electron chi connectivity index (χ1n) is 9.92. The molecule has 0 bridgehead atoms. The van der Waals surface area contributed by atoms with Gasteiger partial charge in [-0.1, -0.05) is 17.8 Å². The lowest BCUT2D eigenvalue weighted by Crippen LogP contribution is -2.47. The van der Waals surface area contributed by atoms with Crippen LogP contribution in [-0.2, 0) is 10.3 Å². The summed E-state index contributed by atoms with van der Waals surface area (Å²) in [6.07, 6.45) is 0.220. The van der Waals surface area contributed by atoms with Gasteiger partial charge in [0.2, 0.25) is 0 Å². The number of methoxy groups -OCH3 is 1.